The third-order valence-electron chi connectivity index (χ3n) is 2.11. The van der Waals surface area contributed by atoms with Gasteiger partial charge in [0, 0.05) is 11.1 Å². The number of esters is 1. The van der Waals surface area contributed by atoms with Crippen LogP contribution in [-0.4, -0.2) is 19.1 Å². The van der Waals surface area contributed by atoms with Gasteiger partial charge in [-0.3, -0.25) is 0 Å². The molecule has 1 atom stereocenters. The molecule has 0 saturated carbocycles. The summed E-state index contributed by atoms with van der Waals surface area (Å²) in [5, 5.41) is 0. The average molecular weight is 290 g/mol. The number of carbonyl (C=O) groups excluding carboxylic acids is 1. The summed E-state index contributed by atoms with van der Waals surface area (Å²) in [6, 6.07) is -2.95. The SMILES string of the molecule is C=C(C(=O)OC)C(CCCC)[Si](Cl)(Cl)Cl. The quantitative estimate of drug-likeness (QED) is 0.320. The van der Waals surface area contributed by atoms with Gasteiger partial charge < -0.3 is 4.74 Å². The maximum atomic E-state index is 11.3. The molecule has 0 aliphatic heterocycles. The van der Waals surface area contributed by atoms with Crippen molar-refractivity contribution in [1.29, 1.82) is 0 Å². The molecule has 0 aromatic rings. The Morgan fingerprint density at radius 1 is 1.47 bits per heavy atom. The smallest absolute Gasteiger partial charge is 0.348 e. The first-order chi connectivity index (χ1) is 6.84. The highest BCUT2D eigenvalue weighted by Crippen LogP contribution is 2.42. The standard InChI is InChI=1S/C9H15Cl3O2Si/c1-4-5-6-8(15(10,11)12)7(2)9(13)14-3/h8H,2,4-6H2,1,3H3. The highest BCUT2D eigenvalue weighted by molar-refractivity contribution is 7.65. The second kappa shape index (κ2) is 6.79. The second-order valence-electron chi connectivity index (χ2n) is 3.25. The highest BCUT2D eigenvalue weighted by atomic mass is 35.8. The molecule has 0 radical (unpaired) electrons. The van der Waals surface area contributed by atoms with Gasteiger partial charge in [-0.25, -0.2) is 4.79 Å². The minimum atomic E-state index is -2.95. The van der Waals surface area contributed by atoms with Gasteiger partial charge in [-0.15, -0.1) is 33.2 Å². The monoisotopic (exact) mass is 288 g/mol. The van der Waals surface area contributed by atoms with Crippen LogP contribution in [0.1, 0.15) is 26.2 Å². The Kier molecular flexibility index (Phi) is 6.92. The molecule has 0 fully saturated rings. The third-order valence-corrected chi connectivity index (χ3v) is 5.91. The van der Waals surface area contributed by atoms with Gasteiger partial charge in [0.2, 0.25) is 0 Å². The maximum absolute atomic E-state index is 11.3. The summed E-state index contributed by atoms with van der Waals surface area (Å²) in [6.45, 7) is 5.69. The number of rotatable bonds is 6. The molecule has 6 heteroatoms. The lowest BCUT2D eigenvalue weighted by Gasteiger charge is -2.22. The van der Waals surface area contributed by atoms with Crippen molar-refractivity contribution in [2.45, 2.75) is 31.7 Å². The van der Waals surface area contributed by atoms with Gasteiger partial charge in [0.25, 0.3) is 0 Å². The van der Waals surface area contributed by atoms with E-state index in [0.717, 1.165) is 12.8 Å². The highest BCUT2D eigenvalue weighted by Gasteiger charge is 2.40. The van der Waals surface area contributed by atoms with Crippen LogP contribution >= 0.6 is 33.2 Å². The van der Waals surface area contributed by atoms with Crippen molar-refractivity contribution < 1.29 is 9.53 Å². The molecule has 15 heavy (non-hydrogen) atoms. The molecule has 0 rings (SSSR count). The number of methoxy groups -OCH3 is 1. The van der Waals surface area contributed by atoms with Gasteiger partial charge in [-0.1, -0.05) is 26.3 Å². The average Bonchev–Trinajstić information content (AvgIpc) is 2.14. The van der Waals surface area contributed by atoms with Crippen LogP contribution in [0.5, 0.6) is 0 Å². The van der Waals surface area contributed by atoms with Crippen LogP contribution in [0.2, 0.25) is 5.54 Å². The van der Waals surface area contributed by atoms with Crippen molar-refractivity contribution in [1.82, 2.24) is 0 Å². The third kappa shape index (κ3) is 5.25. The first kappa shape index (κ1) is 15.3. The Morgan fingerprint density at radius 2 is 2.00 bits per heavy atom. The van der Waals surface area contributed by atoms with Crippen LogP contribution in [0.4, 0.5) is 0 Å². The molecular weight excluding hydrogens is 275 g/mol. The lowest BCUT2D eigenvalue weighted by molar-refractivity contribution is -0.136. The van der Waals surface area contributed by atoms with E-state index in [9.17, 15) is 4.79 Å². The van der Waals surface area contributed by atoms with Crippen molar-refractivity contribution in [3.05, 3.63) is 12.2 Å². The van der Waals surface area contributed by atoms with Gasteiger partial charge in [0.05, 0.1) is 7.11 Å². The first-order valence-electron chi connectivity index (χ1n) is 4.68. The summed E-state index contributed by atoms with van der Waals surface area (Å²) in [5.41, 5.74) is -0.0764. The Bertz CT molecular complexity index is 238. The topological polar surface area (TPSA) is 26.3 Å². The summed E-state index contributed by atoms with van der Waals surface area (Å²) in [5.74, 6) is -0.491. The fraction of sp³-hybridized carbons (Fsp3) is 0.667. The lowest BCUT2D eigenvalue weighted by atomic mass is 10.1. The van der Waals surface area contributed by atoms with E-state index in [0.29, 0.717) is 6.42 Å². The predicted molar refractivity (Wildman–Crippen MR) is 67.7 cm³/mol. The molecule has 1 unspecified atom stereocenters. The van der Waals surface area contributed by atoms with E-state index >= 15 is 0 Å². The molecule has 88 valence electrons. The fourth-order valence-corrected chi connectivity index (χ4v) is 4.43. The Morgan fingerprint density at radius 3 is 2.33 bits per heavy atom. The molecule has 0 aliphatic carbocycles. The van der Waals surface area contributed by atoms with E-state index in [2.05, 4.69) is 11.3 Å². The van der Waals surface area contributed by atoms with E-state index in [4.69, 9.17) is 33.2 Å². The summed E-state index contributed by atoms with van der Waals surface area (Å²) in [6.07, 6.45) is 2.56. The Labute approximate surface area is 106 Å². The molecule has 0 bridgehead atoms. The first-order valence-corrected chi connectivity index (χ1v) is 9.79. The van der Waals surface area contributed by atoms with Gasteiger partial charge in [-0.2, -0.15) is 0 Å². The van der Waals surface area contributed by atoms with Crippen LogP contribution in [0.15, 0.2) is 12.2 Å². The normalized spacial score (nSPS) is 13.4. The number of hydrogen-bond acceptors (Lipinski definition) is 2. The molecular formula is C9H15Cl3O2Si. The van der Waals surface area contributed by atoms with Crippen molar-refractivity contribution in [2.75, 3.05) is 7.11 Å². The van der Waals surface area contributed by atoms with Crippen molar-refractivity contribution in [3.8, 4) is 0 Å². The molecule has 0 aliphatic rings. The summed E-state index contributed by atoms with van der Waals surface area (Å²) >= 11 is 17.8. The van der Waals surface area contributed by atoms with Gasteiger partial charge in [0.15, 0.2) is 0 Å². The molecule has 0 aromatic heterocycles. The molecule has 2 nitrogen and oxygen atoms in total. The van der Waals surface area contributed by atoms with Crippen molar-refractivity contribution >= 4 is 45.2 Å². The number of unbranched alkanes of at least 4 members (excludes halogenated alkanes) is 1. The number of ether oxygens (including phenoxy) is 1. The van der Waals surface area contributed by atoms with Gasteiger partial charge >= 0.3 is 12.0 Å². The minimum Gasteiger partial charge on any atom is -0.466 e. The zero-order chi connectivity index (χ0) is 12.1. The zero-order valence-corrected chi connectivity index (χ0v) is 12.1. The predicted octanol–water partition coefficient (Wildman–Crippen LogP) is 3.93. The van der Waals surface area contributed by atoms with Crippen LogP contribution < -0.4 is 0 Å². The van der Waals surface area contributed by atoms with E-state index in [1.54, 1.807) is 0 Å². The fourth-order valence-electron chi connectivity index (χ4n) is 1.22. The number of hydrogen-bond donors (Lipinski definition) is 0. The summed E-state index contributed by atoms with van der Waals surface area (Å²) in [7, 11) is 1.30. The number of carbonyl (C=O) groups is 1. The van der Waals surface area contributed by atoms with Gasteiger partial charge in [0.1, 0.15) is 0 Å². The summed E-state index contributed by atoms with van der Waals surface area (Å²) < 4.78 is 4.58. The largest absolute Gasteiger partial charge is 0.466 e. The van der Waals surface area contributed by atoms with Crippen LogP contribution in [0.3, 0.4) is 0 Å². The van der Waals surface area contributed by atoms with Crippen molar-refractivity contribution in [2.24, 2.45) is 0 Å². The zero-order valence-electron chi connectivity index (χ0n) is 8.86. The molecule has 0 spiro atoms. The maximum Gasteiger partial charge on any atom is 0.348 e. The second-order valence-corrected chi connectivity index (χ2v) is 12.1. The van der Waals surface area contributed by atoms with Gasteiger partial charge in [-0.05, 0) is 6.42 Å². The Balaban J connectivity index is 4.63. The van der Waals surface area contributed by atoms with Crippen LogP contribution in [-0.2, 0) is 9.53 Å². The lowest BCUT2D eigenvalue weighted by Crippen LogP contribution is -2.25. The van der Waals surface area contributed by atoms with Crippen LogP contribution in [0.25, 0.3) is 0 Å². The van der Waals surface area contributed by atoms with E-state index in [1.165, 1.54) is 7.11 Å². The van der Waals surface area contributed by atoms with E-state index in [1.807, 2.05) is 6.92 Å². The summed E-state index contributed by atoms with van der Waals surface area (Å²) in [4.78, 5) is 11.3. The minimum absolute atomic E-state index is 0.276. The Hall–Kier alpha value is 0.297. The molecule has 0 aromatic carbocycles. The number of halogens is 3. The van der Waals surface area contributed by atoms with E-state index < -0.39 is 12.0 Å². The molecule has 0 N–H and O–H groups in total. The van der Waals surface area contributed by atoms with E-state index in [-0.39, 0.29) is 11.1 Å². The molecule has 0 saturated heterocycles. The van der Waals surface area contributed by atoms with Crippen molar-refractivity contribution in [3.63, 3.8) is 0 Å². The molecule has 0 amide bonds. The molecule has 0 heterocycles. The van der Waals surface area contributed by atoms with Crippen LogP contribution in [0, 0.1) is 0 Å².